The normalized spacial score (nSPS) is 16.4. The van der Waals surface area contributed by atoms with Crippen molar-refractivity contribution in [2.24, 2.45) is 0 Å². The highest BCUT2D eigenvalue weighted by Crippen LogP contribution is 2.33. The zero-order valence-electron chi connectivity index (χ0n) is 13.9. The number of aliphatic hydroxyl groups excluding tert-OH is 1. The molecule has 1 atom stereocenters. The number of rotatable bonds is 3. The van der Waals surface area contributed by atoms with Crippen molar-refractivity contribution in [3.05, 3.63) is 64.9 Å². The first-order valence-corrected chi connectivity index (χ1v) is 8.70. The second-order valence-electron chi connectivity index (χ2n) is 6.12. The predicted octanol–water partition coefficient (Wildman–Crippen LogP) is 2.99. The van der Waals surface area contributed by atoms with Gasteiger partial charge in [-0.2, -0.15) is 15.0 Å². The van der Waals surface area contributed by atoms with Gasteiger partial charge in [0.15, 0.2) is 5.82 Å². The standard InChI is InChI=1S/C19H17ClN4O2/c20-18-21-17(13-5-3-6-14(26)10-13)22-19(23-18)24-9-8-12-4-1-2-7-15(12)16(24)11-25/h1-7,10,16,25-26H,8-9,11H2. The van der Waals surface area contributed by atoms with E-state index in [-0.39, 0.29) is 23.7 Å². The van der Waals surface area contributed by atoms with E-state index in [0.717, 1.165) is 12.0 Å². The molecule has 0 saturated heterocycles. The fourth-order valence-electron chi connectivity index (χ4n) is 3.33. The lowest BCUT2D eigenvalue weighted by atomic mass is 9.93. The molecule has 1 aliphatic heterocycles. The van der Waals surface area contributed by atoms with E-state index in [1.165, 1.54) is 5.56 Å². The van der Waals surface area contributed by atoms with Gasteiger partial charge in [-0.05, 0) is 41.3 Å². The van der Waals surface area contributed by atoms with Crippen molar-refractivity contribution in [1.82, 2.24) is 15.0 Å². The van der Waals surface area contributed by atoms with Crippen LogP contribution in [0.4, 0.5) is 5.95 Å². The maximum absolute atomic E-state index is 9.98. The molecule has 2 aromatic carbocycles. The van der Waals surface area contributed by atoms with E-state index in [9.17, 15) is 10.2 Å². The molecule has 0 bridgehead atoms. The summed E-state index contributed by atoms with van der Waals surface area (Å²) in [6, 6.07) is 14.5. The number of aromatic hydroxyl groups is 1. The van der Waals surface area contributed by atoms with Gasteiger partial charge in [0.1, 0.15) is 5.75 Å². The third-order valence-corrected chi connectivity index (χ3v) is 4.71. The summed E-state index contributed by atoms with van der Waals surface area (Å²) in [6.45, 7) is 0.615. The molecule has 0 amide bonds. The Morgan fingerprint density at radius 2 is 1.92 bits per heavy atom. The minimum Gasteiger partial charge on any atom is -0.508 e. The van der Waals surface area contributed by atoms with Crippen LogP contribution in [0.5, 0.6) is 5.75 Å². The van der Waals surface area contributed by atoms with Gasteiger partial charge in [-0.25, -0.2) is 0 Å². The van der Waals surface area contributed by atoms with Crippen molar-refractivity contribution in [1.29, 1.82) is 0 Å². The molecule has 7 heteroatoms. The average molecular weight is 369 g/mol. The van der Waals surface area contributed by atoms with Crippen LogP contribution in [-0.4, -0.2) is 38.3 Å². The van der Waals surface area contributed by atoms with Crippen LogP contribution in [0, 0.1) is 0 Å². The Bertz CT molecular complexity index is 950. The van der Waals surface area contributed by atoms with Crippen LogP contribution in [0.2, 0.25) is 5.28 Å². The van der Waals surface area contributed by atoms with Crippen molar-refractivity contribution in [3.63, 3.8) is 0 Å². The number of phenols is 1. The summed E-state index contributed by atoms with van der Waals surface area (Å²) in [5.74, 6) is 0.920. The summed E-state index contributed by atoms with van der Waals surface area (Å²) in [6.07, 6.45) is 0.831. The van der Waals surface area contributed by atoms with Crippen LogP contribution < -0.4 is 4.90 Å². The topological polar surface area (TPSA) is 82.4 Å². The van der Waals surface area contributed by atoms with Gasteiger partial charge in [-0.3, -0.25) is 0 Å². The minimum absolute atomic E-state index is 0.0538. The molecule has 3 aromatic rings. The van der Waals surface area contributed by atoms with Gasteiger partial charge in [-0.1, -0.05) is 36.4 Å². The summed E-state index contributed by atoms with van der Waals surface area (Å²) in [7, 11) is 0. The Morgan fingerprint density at radius 1 is 1.08 bits per heavy atom. The van der Waals surface area contributed by atoms with E-state index in [2.05, 4.69) is 21.0 Å². The first-order valence-electron chi connectivity index (χ1n) is 8.32. The monoisotopic (exact) mass is 368 g/mol. The van der Waals surface area contributed by atoms with Crippen molar-refractivity contribution >= 4 is 17.5 Å². The quantitative estimate of drug-likeness (QED) is 0.739. The number of aromatic nitrogens is 3. The SMILES string of the molecule is OCC1c2ccccc2CCN1c1nc(Cl)nc(-c2cccc(O)c2)n1. The number of benzene rings is 2. The molecule has 2 N–H and O–H groups in total. The van der Waals surface area contributed by atoms with Gasteiger partial charge in [0, 0.05) is 12.1 Å². The lowest BCUT2D eigenvalue weighted by Gasteiger charge is -2.36. The average Bonchev–Trinajstić information content (AvgIpc) is 2.66. The van der Waals surface area contributed by atoms with E-state index in [1.54, 1.807) is 24.3 Å². The highest BCUT2D eigenvalue weighted by atomic mass is 35.5. The maximum atomic E-state index is 9.98. The van der Waals surface area contributed by atoms with Crippen LogP contribution in [-0.2, 0) is 6.42 Å². The number of hydrogen-bond donors (Lipinski definition) is 2. The number of aliphatic hydroxyl groups is 1. The second kappa shape index (κ2) is 6.90. The van der Waals surface area contributed by atoms with Gasteiger partial charge in [0.25, 0.3) is 0 Å². The predicted molar refractivity (Wildman–Crippen MR) is 99.3 cm³/mol. The molecule has 0 aliphatic carbocycles. The Labute approximate surface area is 155 Å². The van der Waals surface area contributed by atoms with Crippen LogP contribution in [0.3, 0.4) is 0 Å². The molecule has 1 aromatic heterocycles. The van der Waals surface area contributed by atoms with E-state index in [1.807, 2.05) is 23.1 Å². The molecule has 2 heterocycles. The molecule has 1 aliphatic rings. The van der Waals surface area contributed by atoms with E-state index < -0.39 is 0 Å². The van der Waals surface area contributed by atoms with Crippen LogP contribution in [0.1, 0.15) is 17.2 Å². The molecule has 132 valence electrons. The zero-order chi connectivity index (χ0) is 18.1. The Hall–Kier alpha value is -2.70. The first kappa shape index (κ1) is 16.8. The van der Waals surface area contributed by atoms with Crippen molar-refractivity contribution in [3.8, 4) is 17.1 Å². The summed E-state index contributed by atoms with van der Waals surface area (Å²) in [4.78, 5) is 14.9. The highest BCUT2D eigenvalue weighted by molar-refractivity contribution is 6.28. The zero-order valence-corrected chi connectivity index (χ0v) is 14.6. The van der Waals surface area contributed by atoms with Gasteiger partial charge in [0.2, 0.25) is 11.2 Å². The summed E-state index contributed by atoms with van der Waals surface area (Å²) < 4.78 is 0. The molecule has 0 radical (unpaired) electrons. The number of anilines is 1. The third-order valence-electron chi connectivity index (χ3n) is 4.54. The van der Waals surface area contributed by atoms with E-state index in [4.69, 9.17) is 11.6 Å². The molecule has 0 spiro atoms. The fourth-order valence-corrected chi connectivity index (χ4v) is 3.49. The number of hydrogen-bond acceptors (Lipinski definition) is 6. The van der Waals surface area contributed by atoms with Crippen molar-refractivity contribution < 1.29 is 10.2 Å². The molecule has 0 fully saturated rings. The third kappa shape index (κ3) is 3.09. The molecule has 26 heavy (non-hydrogen) atoms. The van der Waals surface area contributed by atoms with Gasteiger partial charge in [0.05, 0.1) is 12.6 Å². The van der Waals surface area contributed by atoms with Crippen LogP contribution in [0.15, 0.2) is 48.5 Å². The largest absolute Gasteiger partial charge is 0.508 e. The van der Waals surface area contributed by atoms with Crippen LogP contribution in [0.25, 0.3) is 11.4 Å². The lowest BCUT2D eigenvalue weighted by molar-refractivity contribution is 0.256. The molecule has 6 nitrogen and oxygen atoms in total. The van der Waals surface area contributed by atoms with E-state index in [0.29, 0.717) is 23.9 Å². The van der Waals surface area contributed by atoms with Crippen molar-refractivity contribution in [2.45, 2.75) is 12.5 Å². The summed E-state index contributed by atoms with van der Waals surface area (Å²) in [5.41, 5.74) is 2.93. The highest BCUT2D eigenvalue weighted by Gasteiger charge is 2.29. The second-order valence-corrected chi connectivity index (χ2v) is 6.46. The fraction of sp³-hybridized carbons (Fsp3) is 0.211. The van der Waals surface area contributed by atoms with Crippen LogP contribution >= 0.6 is 11.6 Å². The molecule has 1 unspecified atom stereocenters. The number of fused-ring (bicyclic) bond motifs is 1. The van der Waals surface area contributed by atoms with Gasteiger partial charge < -0.3 is 15.1 Å². The van der Waals surface area contributed by atoms with Gasteiger partial charge >= 0.3 is 0 Å². The Morgan fingerprint density at radius 3 is 2.73 bits per heavy atom. The first-order chi connectivity index (χ1) is 12.7. The maximum Gasteiger partial charge on any atom is 0.230 e. The number of halogens is 1. The number of nitrogens with zero attached hydrogens (tertiary/aromatic N) is 4. The van der Waals surface area contributed by atoms with Gasteiger partial charge in [-0.15, -0.1) is 0 Å². The lowest BCUT2D eigenvalue weighted by Crippen LogP contribution is -2.38. The van der Waals surface area contributed by atoms with E-state index >= 15 is 0 Å². The van der Waals surface area contributed by atoms with Crippen molar-refractivity contribution in [2.75, 3.05) is 18.1 Å². The molecular formula is C19H17ClN4O2. The number of phenolic OH excluding ortho intramolecular Hbond substituents is 1. The molecule has 0 saturated carbocycles. The smallest absolute Gasteiger partial charge is 0.230 e. The Balaban J connectivity index is 1.76. The minimum atomic E-state index is -0.240. The Kier molecular flexibility index (Phi) is 4.44. The molecular weight excluding hydrogens is 352 g/mol. The molecule has 4 rings (SSSR count). The summed E-state index contributed by atoms with van der Waals surface area (Å²) in [5, 5.41) is 19.8. The summed E-state index contributed by atoms with van der Waals surface area (Å²) >= 11 is 6.14.